The van der Waals surface area contributed by atoms with Crippen LogP contribution >= 0.6 is 0 Å². The SMILES string of the molecule is C[C@@H]1O[C@@H](O[C@H]2CC[C@]3(/C=N/NC(N)=O)[C@H]4CC[C@]5(C)[C@@H](C6=CC(=O)OC6)CC[C@]5(O)[C@@H]4CC[C@]3(O)C2)C[C@@H](O)[C@H]1O. The molecule has 12 nitrogen and oxygen atoms in total. The monoisotopic (exact) mass is 591 g/mol. The fourth-order valence-electron chi connectivity index (χ4n) is 10.00. The van der Waals surface area contributed by atoms with Crippen LogP contribution in [0.1, 0.15) is 78.1 Å². The van der Waals surface area contributed by atoms with Crippen molar-refractivity contribution >= 4 is 18.2 Å². The van der Waals surface area contributed by atoms with Crippen LogP contribution in [0, 0.1) is 28.6 Å². The zero-order valence-electron chi connectivity index (χ0n) is 24.4. The van der Waals surface area contributed by atoms with Gasteiger partial charge >= 0.3 is 12.0 Å². The second kappa shape index (κ2) is 10.5. The fourth-order valence-corrected chi connectivity index (χ4v) is 10.00. The van der Waals surface area contributed by atoms with Crippen LogP contribution in [0.3, 0.4) is 0 Å². The van der Waals surface area contributed by atoms with E-state index in [4.69, 9.17) is 19.9 Å². The van der Waals surface area contributed by atoms with Gasteiger partial charge < -0.3 is 40.4 Å². The number of hydrazone groups is 1. The number of urea groups is 1. The molecule has 2 aliphatic heterocycles. The minimum atomic E-state index is -1.23. The Morgan fingerprint density at radius 2 is 1.90 bits per heavy atom. The zero-order valence-corrected chi connectivity index (χ0v) is 24.4. The normalized spacial score (nSPS) is 50.4. The standard InChI is InChI=1S/C30H45N3O9/c1-16-25(36)22(34)12-24(41-16)42-18-3-8-28(15-32-33-26(31)37)20-4-7-27(2)19(17-11-23(35)40-14-17)6-10-30(27,39)21(20)5-9-29(28,38)13-18/h11,15-16,18-22,24-25,34,36,38-39H,3-10,12-14H2,1-2H3,(H3,31,33,37)/b32-15+/t16-,18-,19+,20-,21+,22+,24-,25-,27+,28-,29-,30-/m0/s1. The Kier molecular flexibility index (Phi) is 7.50. The van der Waals surface area contributed by atoms with Crippen LogP contribution in [0.25, 0.3) is 0 Å². The first kappa shape index (κ1) is 30.0. The van der Waals surface area contributed by atoms with Crippen molar-refractivity contribution in [2.75, 3.05) is 6.61 Å². The van der Waals surface area contributed by atoms with E-state index < -0.39 is 52.7 Å². The van der Waals surface area contributed by atoms with Crippen LogP contribution in [-0.4, -0.2) is 87.2 Å². The summed E-state index contributed by atoms with van der Waals surface area (Å²) < 4.78 is 17.3. The Bertz CT molecular complexity index is 1150. The topological polar surface area (TPSA) is 193 Å². The van der Waals surface area contributed by atoms with E-state index in [-0.39, 0.29) is 42.9 Å². The minimum absolute atomic E-state index is 0.0488. The van der Waals surface area contributed by atoms with Gasteiger partial charge in [0.25, 0.3) is 0 Å². The summed E-state index contributed by atoms with van der Waals surface area (Å²) in [5, 5.41) is 49.5. The number of hydrogen-bond donors (Lipinski definition) is 6. The molecule has 2 amide bonds. The molecule has 6 rings (SSSR count). The van der Waals surface area contributed by atoms with E-state index >= 15 is 0 Å². The highest BCUT2D eigenvalue weighted by molar-refractivity contribution is 5.85. The lowest BCUT2D eigenvalue weighted by atomic mass is 9.41. The largest absolute Gasteiger partial charge is 0.458 e. The summed E-state index contributed by atoms with van der Waals surface area (Å²) in [6.07, 6.45) is 5.06. The molecule has 4 saturated carbocycles. The van der Waals surface area contributed by atoms with Gasteiger partial charge in [0.15, 0.2) is 6.29 Å². The van der Waals surface area contributed by atoms with Gasteiger partial charge in [0.05, 0.1) is 29.5 Å². The number of aliphatic hydroxyl groups excluding tert-OH is 2. The van der Waals surface area contributed by atoms with Gasteiger partial charge in [-0.15, -0.1) is 0 Å². The number of aliphatic hydroxyl groups is 4. The molecule has 42 heavy (non-hydrogen) atoms. The van der Waals surface area contributed by atoms with Gasteiger partial charge in [-0.3, -0.25) is 0 Å². The molecule has 2 heterocycles. The lowest BCUT2D eigenvalue weighted by Crippen LogP contribution is -2.69. The maximum absolute atomic E-state index is 12.5. The average Bonchev–Trinajstić information content (AvgIpc) is 3.46. The number of nitrogens with two attached hydrogens (primary N) is 1. The Hall–Kier alpha value is -2.09. The molecule has 5 fully saturated rings. The van der Waals surface area contributed by atoms with Crippen molar-refractivity contribution in [3.8, 4) is 0 Å². The molecule has 0 aromatic rings. The Morgan fingerprint density at radius 3 is 2.60 bits per heavy atom. The molecule has 0 aromatic carbocycles. The first-order chi connectivity index (χ1) is 19.8. The van der Waals surface area contributed by atoms with Crippen molar-refractivity contribution in [3.05, 3.63) is 11.6 Å². The van der Waals surface area contributed by atoms with Crippen LogP contribution in [0.15, 0.2) is 16.8 Å². The van der Waals surface area contributed by atoms with Crippen molar-refractivity contribution in [3.63, 3.8) is 0 Å². The number of fused-ring (bicyclic) bond motifs is 5. The van der Waals surface area contributed by atoms with Crippen molar-refractivity contribution in [2.45, 2.75) is 120 Å². The third-order valence-electron chi connectivity index (χ3n) is 12.1. The number of primary amides is 1. The maximum atomic E-state index is 12.5. The third-order valence-corrected chi connectivity index (χ3v) is 12.1. The van der Waals surface area contributed by atoms with Gasteiger partial charge in [-0.05, 0) is 81.6 Å². The van der Waals surface area contributed by atoms with E-state index in [9.17, 15) is 30.0 Å². The highest BCUT2D eigenvalue weighted by Crippen LogP contribution is 2.70. The van der Waals surface area contributed by atoms with E-state index in [1.807, 2.05) is 0 Å². The molecule has 7 N–H and O–H groups in total. The summed E-state index contributed by atoms with van der Waals surface area (Å²) in [7, 11) is 0. The number of hydrogen-bond acceptors (Lipinski definition) is 10. The number of cyclic esters (lactones) is 1. The first-order valence-corrected chi connectivity index (χ1v) is 15.4. The quantitative estimate of drug-likeness (QED) is 0.118. The third kappa shape index (κ3) is 4.52. The molecule has 0 radical (unpaired) electrons. The number of rotatable bonds is 5. The highest BCUT2D eigenvalue weighted by atomic mass is 16.7. The molecule has 1 saturated heterocycles. The van der Waals surface area contributed by atoms with Gasteiger partial charge in [-0.2, -0.15) is 5.10 Å². The molecule has 0 bridgehead atoms. The number of nitrogens with zero attached hydrogens (tertiary/aromatic N) is 1. The van der Waals surface area contributed by atoms with E-state index in [0.29, 0.717) is 44.9 Å². The number of carbonyl (C=O) groups is 2. The van der Waals surface area contributed by atoms with Gasteiger partial charge in [-0.1, -0.05) is 6.92 Å². The van der Waals surface area contributed by atoms with Crippen molar-refractivity contribution in [1.82, 2.24) is 5.43 Å². The Labute approximate surface area is 245 Å². The van der Waals surface area contributed by atoms with Crippen molar-refractivity contribution < 1.29 is 44.2 Å². The molecule has 4 aliphatic carbocycles. The number of carbonyl (C=O) groups excluding carboxylic acids is 2. The van der Waals surface area contributed by atoms with Crippen molar-refractivity contribution in [2.24, 2.45) is 39.4 Å². The van der Waals surface area contributed by atoms with Crippen molar-refractivity contribution in [1.29, 1.82) is 0 Å². The van der Waals surface area contributed by atoms with E-state index in [0.717, 1.165) is 18.4 Å². The predicted octanol–water partition coefficient (Wildman–Crippen LogP) is 1.23. The first-order valence-electron chi connectivity index (χ1n) is 15.4. The summed E-state index contributed by atoms with van der Waals surface area (Å²) in [6, 6.07) is -0.796. The molecule has 6 aliphatic rings. The number of esters is 1. The molecular formula is C30H45N3O9. The second-order valence-electron chi connectivity index (χ2n) is 13.9. The van der Waals surface area contributed by atoms with Gasteiger partial charge in [0, 0.05) is 36.0 Å². The lowest BCUT2D eigenvalue weighted by molar-refractivity contribution is -0.282. The van der Waals surface area contributed by atoms with Crippen LogP contribution in [0.5, 0.6) is 0 Å². The van der Waals surface area contributed by atoms with E-state index in [1.54, 1.807) is 19.2 Å². The molecular weight excluding hydrogens is 546 g/mol. The van der Waals surface area contributed by atoms with Gasteiger partial charge in [-0.25, -0.2) is 15.0 Å². The van der Waals surface area contributed by atoms with E-state index in [1.165, 1.54) is 0 Å². The number of ether oxygens (including phenoxy) is 3. The minimum Gasteiger partial charge on any atom is -0.458 e. The molecule has 0 aromatic heterocycles. The van der Waals surface area contributed by atoms with E-state index in [2.05, 4.69) is 17.5 Å². The summed E-state index contributed by atoms with van der Waals surface area (Å²) in [5.74, 6) is -0.495. The van der Waals surface area contributed by atoms with Gasteiger partial charge in [0.2, 0.25) is 0 Å². The second-order valence-corrected chi connectivity index (χ2v) is 13.9. The van der Waals surface area contributed by atoms with Crippen LogP contribution in [0.2, 0.25) is 0 Å². The summed E-state index contributed by atoms with van der Waals surface area (Å²) in [4.78, 5) is 23.4. The maximum Gasteiger partial charge on any atom is 0.332 e. The Morgan fingerprint density at radius 1 is 1.14 bits per heavy atom. The summed E-state index contributed by atoms with van der Waals surface area (Å²) in [5.41, 5.74) is 5.09. The average molecular weight is 592 g/mol. The van der Waals surface area contributed by atoms with Crippen LogP contribution < -0.4 is 11.2 Å². The highest BCUT2D eigenvalue weighted by Gasteiger charge is 2.71. The molecule has 0 unspecified atom stereocenters. The Balaban J connectivity index is 1.27. The van der Waals surface area contributed by atoms with Gasteiger partial charge in [0.1, 0.15) is 12.7 Å². The fraction of sp³-hybridized carbons (Fsp3) is 0.833. The van der Waals surface area contributed by atoms with Crippen LogP contribution in [0.4, 0.5) is 4.79 Å². The molecule has 12 heteroatoms. The number of nitrogens with one attached hydrogen (secondary N) is 1. The smallest absolute Gasteiger partial charge is 0.332 e. The summed E-state index contributed by atoms with van der Waals surface area (Å²) >= 11 is 0. The molecule has 234 valence electrons. The van der Waals surface area contributed by atoms with Crippen LogP contribution in [-0.2, 0) is 19.0 Å². The number of amides is 2. The molecule has 12 atom stereocenters. The lowest BCUT2D eigenvalue weighted by Gasteiger charge is -2.66. The predicted molar refractivity (Wildman–Crippen MR) is 149 cm³/mol. The molecule has 0 spiro atoms. The summed E-state index contributed by atoms with van der Waals surface area (Å²) in [6.45, 7) is 4.11. The zero-order chi connectivity index (χ0) is 30.1.